The average molecular weight is 461 g/mol. The average Bonchev–Trinajstić information content (AvgIpc) is 2.72. The van der Waals surface area contributed by atoms with E-state index in [1.807, 2.05) is 39.0 Å². The van der Waals surface area contributed by atoms with Gasteiger partial charge in [0.2, 0.25) is 11.8 Å². The fourth-order valence-corrected chi connectivity index (χ4v) is 3.20. The molecule has 0 aliphatic heterocycles. The highest BCUT2D eigenvalue weighted by molar-refractivity contribution is 5.92. The number of benzene rings is 1. The summed E-state index contributed by atoms with van der Waals surface area (Å²) in [7, 11) is 0. The molecule has 182 valence electrons. The van der Waals surface area contributed by atoms with Gasteiger partial charge in [0.1, 0.15) is 24.2 Å². The second-order valence-corrected chi connectivity index (χ2v) is 8.91. The summed E-state index contributed by atoms with van der Waals surface area (Å²) in [4.78, 5) is 39.9. The van der Waals surface area contributed by atoms with Gasteiger partial charge >= 0.3 is 6.09 Å². The lowest BCUT2D eigenvalue weighted by molar-refractivity contribution is -0.142. The minimum Gasteiger partial charge on any atom is -0.444 e. The number of hydrogen-bond donors (Lipinski definition) is 3. The maximum absolute atomic E-state index is 13.4. The lowest BCUT2D eigenvalue weighted by atomic mass is 9.96. The molecule has 1 aromatic carbocycles. The Bertz CT molecular complexity index is 873. The van der Waals surface area contributed by atoms with Gasteiger partial charge in [0.25, 0.3) is 0 Å². The number of nitrogens with zero attached hydrogens (tertiary/aromatic N) is 2. The summed E-state index contributed by atoms with van der Waals surface area (Å²) >= 11 is 0. The van der Waals surface area contributed by atoms with Gasteiger partial charge in [-0.2, -0.15) is 5.26 Å². The van der Waals surface area contributed by atoms with E-state index >= 15 is 0 Å². The molecule has 2 atom stereocenters. The summed E-state index contributed by atoms with van der Waals surface area (Å²) in [5, 5.41) is 24.4. The first-order valence-electron chi connectivity index (χ1n) is 11.1. The molecule has 0 aliphatic carbocycles. The quantitative estimate of drug-likeness (QED) is 0.363. The number of unbranched alkanes of at least 4 members (excludes halogenated alkanes) is 1. The smallest absolute Gasteiger partial charge is 0.408 e. The van der Waals surface area contributed by atoms with E-state index in [4.69, 9.17) is 4.74 Å². The van der Waals surface area contributed by atoms with Gasteiger partial charge in [0.15, 0.2) is 0 Å². The molecule has 3 N–H and O–H groups in total. The molecule has 0 aromatic heterocycles. The topological polar surface area (TPSA) is 132 Å². The van der Waals surface area contributed by atoms with Crippen molar-refractivity contribution in [2.45, 2.75) is 72.1 Å². The van der Waals surface area contributed by atoms with E-state index in [9.17, 15) is 24.8 Å². The maximum Gasteiger partial charge on any atom is 0.408 e. The van der Waals surface area contributed by atoms with Crippen LogP contribution in [0.5, 0.6) is 0 Å². The number of rotatable bonds is 10. The molecule has 0 heterocycles. The first kappa shape index (κ1) is 27.9. The zero-order chi connectivity index (χ0) is 25.2. The number of aryl methyl sites for hydroxylation is 2. The van der Waals surface area contributed by atoms with Crippen LogP contribution in [0.1, 0.15) is 63.3 Å². The van der Waals surface area contributed by atoms with E-state index < -0.39 is 48.7 Å². The van der Waals surface area contributed by atoms with Gasteiger partial charge in [-0.15, -0.1) is 0 Å². The highest BCUT2D eigenvalue weighted by Crippen LogP contribution is 2.26. The van der Waals surface area contributed by atoms with Crippen molar-refractivity contribution in [2.24, 2.45) is 0 Å². The fourth-order valence-electron chi connectivity index (χ4n) is 3.20. The molecule has 33 heavy (non-hydrogen) atoms. The number of aliphatic hydroxyl groups is 1. The number of alkyl carbamates (subject to hydrolysis) is 1. The van der Waals surface area contributed by atoms with E-state index in [1.54, 1.807) is 26.8 Å². The van der Waals surface area contributed by atoms with Gasteiger partial charge in [0, 0.05) is 6.54 Å². The Hall–Kier alpha value is -3.12. The number of nitrogens with one attached hydrogen (secondary N) is 2. The number of ether oxygens (including phenoxy) is 1. The highest BCUT2D eigenvalue weighted by Gasteiger charge is 2.36. The van der Waals surface area contributed by atoms with Crippen molar-refractivity contribution in [3.8, 4) is 6.07 Å². The SMILES string of the molecule is CCCCNC(=O)C(c1cc(C)ccc1C)N(CC#N)C(=O)C(CO)NC(=O)OC(C)(C)C. The number of amides is 3. The molecular formula is C24H36N4O5. The first-order valence-corrected chi connectivity index (χ1v) is 11.1. The van der Waals surface area contributed by atoms with Crippen molar-refractivity contribution in [3.63, 3.8) is 0 Å². The maximum atomic E-state index is 13.4. The van der Waals surface area contributed by atoms with E-state index in [1.165, 1.54) is 0 Å². The first-order chi connectivity index (χ1) is 15.4. The standard InChI is InChI=1S/C24H36N4O5/c1-7-8-12-26-21(30)20(18-14-16(2)9-10-17(18)3)28(13-11-25)22(31)19(15-29)27-23(32)33-24(4,5)6/h9-10,14,19-20,29H,7-8,12-13,15H2,1-6H3,(H,26,30)(H,27,32). The Morgan fingerprint density at radius 1 is 1.24 bits per heavy atom. The molecule has 0 saturated heterocycles. The summed E-state index contributed by atoms with van der Waals surface area (Å²) in [6.07, 6.45) is 0.751. The number of carbonyl (C=O) groups is 3. The van der Waals surface area contributed by atoms with E-state index in [2.05, 4.69) is 10.6 Å². The van der Waals surface area contributed by atoms with Crippen LogP contribution in [0.2, 0.25) is 0 Å². The molecule has 0 saturated carbocycles. The minimum absolute atomic E-state index is 0.412. The Balaban J connectivity index is 3.37. The van der Waals surface area contributed by atoms with Crippen LogP contribution in [0.3, 0.4) is 0 Å². The largest absolute Gasteiger partial charge is 0.444 e. The normalized spacial score (nSPS) is 12.8. The van der Waals surface area contributed by atoms with E-state index in [-0.39, 0.29) is 0 Å². The third-order valence-corrected chi connectivity index (χ3v) is 4.81. The molecular weight excluding hydrogens is 424 g/mol. The minimum atomic E-state index is -1.38. The second kappa shape index (κ2) is 12.8. The van der Waals surface area contributed by atoms with E-state index in [0.717, 1.165) is 28.9 Å². The fraction of sp³-hybridized carbons (Fsp3) is 0.583. The molecule has 0 bridgehead atoms. The van der Waals surface area contributed by atoms with Crippen LogP contribution in [-0.2, 0) is 14.3 Å². The molecule has 9 nitrogen and oxygen atoms in total. The van der Waals surface area contributed by atoms with Crippen molar-refractivity contribution in [2.75, 3.05) is 19.7 Å². The van der Waals surface area contributed by atoms with Crippen LogP contribution >= 0.6 is 0 Å². The summed E-state index contributed by atoms with van der Waals surface area (Å²) < 4.78 is 5.18. The predicted octanol–water partition coefficient (Wildman–Crippen LogP) is 2.50. The monoisotopic (exact) mass is 460 g/mol. The highest BCUT2D eigenvalue weighted by atomic mass is 16.6. The van der Waals surface area contributed by atoms with Crippen LogP contribution in [0.4, 0.5) is 4.79 Å². The molecule has 0 fully saturated rings. The number of carbonyl (C=O) groups excluding carboxylic acids is 3. The van der Waals surface area contributed by atoms with Crippen molar-refractivity contribution >= 4 is 17.9 Å². The lowest BCUT2D eigenvalue weighted by Gasteiger charge is -2.33. The molecule has 9 heteroatoms. The Morgan fingerprint density at radius 3 is 2.45 bits per heavy atom. The van der Waals surface area contributed by atoms with Crippen molar-refractivity contribution in [3.05, 3.63) is 34.9 Å². The lowest BCUT2D eigenvalue weighted by Crippen LogP contribution is -2.54. The molecule has 2 unspecified atom stereocenters. The third-order valence-electron chi connectivity index (χ3n) is 4.81. The summed E-state index contributed by atoms with van der Waals surface area (Å²) in [6.45, 7) is 9.97. The van der Waals surface area contributed by atoms with Crippen LogP contribution in [-0.4, -0.2) is 59.3 Å². The third kappa shape index (κ3) is 8.73. The molecule has 0 aliphatic rings. The Morgan fingerprint density at radius 2 is 1.91 bits per heavy atom. The van der Waals surface area contributed by atoms with Crippen LogP contribution in [0.25, 0.3) is 0 Å². The van der Waals surface area contributed by atoms with Crippen molar-refractivity contribution < 1.29 is 24.2 Å². The van der Waals surface area contributed by atoms with Gasteiger partial charge in [-0.05, 0) is 52.2 Å². The molecule has 1 aromatic rings. The Labute approximate surface area is 196 Å². The molecule has 3 amide bonds. The van der Waals surface area contributed by atoms with Crippen molar-refractivity contribution in [1.29, 1.82) is 5.26 Å². The second-order valence-electron chi connectivity index (χ2n) is 8.91. The van der Waals surface area contributed by atoms with Gasteiger partial charge in [-0.3, -0.25) is 9.59 Å². The Kier molecular flexibility index (Phi) is 10.8. The van der Waals surface area contributed by atoms with Gasteiger partial charge in [-0.1, -0.05) is 37.1 Å². The van der Waals surface area contributed by atoms with Crippen LogP contribution in [0.15, 0.2) is 18.2 Å². The predicted molar refractivity (Wildman–Crippen MR) is 124 cm³/mol. The number of hydrogen-bond acceptors (Lipinski definition) is 6. The van der Waals surface area contributed by atoms with Crippen LogP contribution < -0.4 is 10.6 Å². The summed E-state index contributed by atoms with van der Waals surface area (Å²) in [6, 6.07) is 4.96. The van der Waals surface area contributed by atoms with Crippen LogP contribution in [0, 0.1) is 25.2 Å². The zero-order valence-corrected chi connectivity index (χ0v) is 20.4. The van der Waals surface area contributed by atoms with Crippen molar-refractivity contribution in [1.82, 2.24) is 15.5 Å². The number of nitriles is 1. The molecule has 0 spiro atoms. The molecule has 1 rings (SSSR count). The van der Waals surface area contributed by atoms with Gasteiger partial charge in [-0.25, -0.2) is 4.79 Å². The number of aliphatic hydroxyl groups excluding tert-OH is 1. The summed E-state index contributed by atoms with van der Waals surface area (Å²) in [5.41, 5.74) is 1.42. The van der Waals surface area contributed by atoms with Gasteiger partial charge < -0.3 is 25.4 Å². The molecule has 0 radical (unpaired) electrons. The zero-order valence-electron chi connectivity index (χ0n) is 20.4. The summed E-state index contributed by atoms with van der Waals surface area (Å²) in [5.74, 6) is -1.20. The van der Waals surface area contributed by atoms with E-state index in [0.29, 0.717) is 12.1 Å². The van der Waals surface area contributed by atoms with Gasteiger partial charge in [0.05, 0.1) is 12.7 Å².